The van der Waals surface area contributed by atoms with E-state index in [0.717, 1.165) is 44.1 Å². The molecule has 1 amide bonds. The highest BCUT2D eigenvalue weighted by Gasteiger charge is 2.18. The highest BCUT2D eigenvalue weighted by Crippen LogP contribution is 2.33. The molecule has 5 rings (SSSR count). The summed E-state index contributed by atoms with van der Waals surface area (Å²) in [7, 11) is 0. The number of hydrogen-bond donors (Lipinski definition) is 1. The average Bonchev–Trinajstić information content (AvgIpc) is 2.79. The molecule has 0 aliphatic rings. The Morgan fingerprint density at radius 2 is 1.64 bits per heavy atom. The Hall–Kier alpha value is -3.40. The van der Waals surface area contributed by atoms with Gasteiger partial charge in [-0.1, -0.05) is 71.2 Å². The number of benzene rings is 4. The van der Waals surface area contributed by atoms with Crippen LogP contribution in [0.2, 0.25) is 10.0 Å². The summed E-state index contributed by atoms with van der Waals surface area (Å²) in [5.41, 5.74) is 5.49. The van der Waals surface area contributed by atoms with Gasteiger partial charge in [-0.15, -0.1) is 0 Å². The summed E-state index contributed by atoms with van der Waals surface area (Å²) in [6.45, 7) is 4.02. The van der Waals surface area contributed by atoms with Gasteiger partial charge in [-0.05, 0) is 61.2 Å². The summed E-state index contributed by atoms with van der Waals surface area (Å²) in [5, 5.41) is 7.00. The van der Waals surface area contributed by atoms with Crippen molar-refractivity contribution in [2.24, 2.45) is 0 Å². The molecule has 0 saturated heterocycles. The molecule has 0 aliphatic heterocycles. The van der Waals surface area contributed by atoms with E-state index >= 15 is 0 Å². The molecule has 0 saturated carbocycles. The van der Waals surface area contributed by atoms with Crippen LogP contribution in [-0.2, 0) is 0 Å². The molecule has 0 spiro atoms. The Morgan fingerprint density at radius 3 is 2.45 bits per heavy atom. The number of nitrogens with zero attached hydrogens (tertiary/aromatic N) is 1. The van der Waals surface area contributed by atoms with Gasteiger partial charge in [0.1, 0.15) is 0 Å². The molecule has 33 heavy (non-hydrogen) atoms. The molecule has 0 radical (unpaired) electrons. The molecule has 0 aliphatic carbocycles. The first-order chi connectivity index (χ1) is 15.9. The van der Waals surface area contributed by atoms with Gasteiger partial charge in [-0.25, -0.2) is 4.98 Å². The molecule has 1 aromatic heterocycles. The molecular formula is C28H20Cl2N2O. The van der Waals surface area contributed by atoms with Crippen LogP contribution in [0.25, 0.3) is 32.9 Å². The van der Waals surface area contributed by atoms with E-state index in [9.17, 15) is 4.79 Å². The number of carbonyl (C=O) groups is 1. The largest absolute Gasteiger partial charge is 0.321 e. The van der Waals surface area contributed by atoms with E-state index < -0.39 is 0 Å². The van der Waals surface area contributed by atoms with E-state index in [-0.39, 0.29) is 5.91 Å². The number of rotatable bonds is 3. The zero-order valence-electron chi connectivity index (χ0n) is 18.1. The van der Waals surface area contributed by atoms with Gasteiger partial charge in [0.25, 0.3) is 5.91 Å². The average molecular weight is 471 g/mol. The number of pyridine rings is 1. The van der Waals surface area contributed by atoms with E-state index in [1.54, 1.807) is 18.2 Å². The standard InChI is InChI=1S/C28H20Cl2N2O/c1-16-12-17(2)27-22(13-16)23(15-26(31-27)21-11-10-19(29)14-24(21)30)28(33)32-25-9-5-7-18-6-3-4-8-20(18)25/h3-15H,1-2H3,(H,32,33). The Morgan fingerprint density at radius 1 is 0.848 bits per heavy atom. The molecule has 5 aromatic rings. The predicted molar refractivity (Wildman–Crippen MR) is 139 cm³/mol. The normalized spacial score (nSPS) is 11.2. The maximum atomic E-state index is 13.6. The summed E-state index contributed by atoms with van der Waals surface area (Å²) < 4.78 is 0. The van der Waals surface area contributed by atoms with Crippen molar-refractivity contribution in [2.45, 2.75) is 13.8 Å². The van der Waals surface area contributed by atoms with Crippen LogP contribution in [0.4, 0.5) is 5.69 Å². The van der Waals surface area contributed by atoms with Crippen LogP contribution in [-0.4, -0.2) is 10.9 Å². The van der Waals surface area contributed by atoms with Crippen LogP contribution in [0.1, 0.15) is 21.5 Å². The summed E-state index contributed by atoms with van der Waals surface area (Å²) >= 11 is 12.6. The zero-order valence-corrected chi connectivity index (χ0v) is 19.6. The molecule has 162 valence electrons. The topological polar surface area (TPSA) is 42.0 Å². The second-order valence-electron chi connectivity index (χ2n) is 8.14. The predicted octanol–water partition coefficient (Wildman–Crippen LogP) is 8.23. The fraction of sp³-hybridized carbons (Fsp3) is 0.0714. The lowest BCUT2D eigenvalue weighted by atomic mass is 9.99. The van der Waals surface area contributed by atoms with Gasteiger partial charge in [0.2, 0.25) is 0 Å². The van der Waals surface area contributed by atoms with Crippen molar-refractivity contribution >= 4 is 56.5 Å². The quantitative estimate of drug-likeness (QED) is 0.288. The molecule has 5 heteroatoms. The number of halogens is 2. The van der Waals surface area contributed by atoms with E-state index in [1.165, 1.54) is 0 Å². The maximum Gasteiger partial charge on any atom is 0.256 e. The van der Waals surface area contributed by atoms with Crippen molar-refractivity contribution in [3.63, 3.8) is 0 Å². The van der Waals surface area contributed by atoms with Gasteiger partial charge in [0, 0.05) is 27.0 Å². The number of hydrogen-bond acceptors (Lipinski definition) is 2. The van der Waals surface area contributed by atoms with Crippen molar-refractivity contribution < 1.29 is 4.79 Å². The van der Waals surface area contributed by atoms with Crippen LogP contribution in [0.3, 0.4) is 0 Å². The number of aromatic nitrogens is 1. The Kier molecular flexibility index (Phi) is 5.53. The SMILES string of the molecule is Cc1cc(C)c2nc(-c3ccc(Cl)cc3Cl)cc(C(=O)Nc3cccc4ccccc34)c2c1. The number of fused-ring (bicyclic) bond motifs is 2. The van der Waals surface area contributed by atoms with Crippen molar-refractivity contribution in [3.05, 3.63) is 106 Å². The van der Waals surface area contributed by atoms with Crippen LogP contribution in [0.15, 0.2) is 78.9 Å². The molecule has 1 heterocycles. The molecule has 1 N–H and O–H groups in total. The Labute approximate surface area is 202 Å². The van der Waals surface area contributed by atoms with E-state index in [2.05, 4.69) is 11.4 Å². The minimum absolute atomic E-state index is 0.199. The summed E-state index contributed by atoms with van der Waals surface area (Å²) in [6.07, 6.45) is 0. The summed E-state index contributed by atoms with van der Waals surface area (Å²) in [6, 6.07) is 25.0. The van der Waals surface area contributed by atoms with Crippen LogP contribution in [0.5, 0.6) is 0 Å². The lowest BCUT2D eigenvalue weighted by molar-refractivity contribution is 0.102. The number of nitrogens with one attached hydrogen (secondary N) is 1. The molecule has 4 aromatic carbocycles. The van der Waals surface area contributed by atoms with Gasteiger partial charge in [-0.2, -0.15) is 0 Å². The maximum absolute atomic E-state index is 13.6. The van der Waals surface area contributed by atoms with Gasteiger partial charge in [-0.3, -0.25) is 4.79 Å². The third kappa shape index (κ3) is 4.06. The second-order valence-corrected chi connectivity index (χ2v) is 8.98. The van der Waals surface area contributed by atoms with E-state index in [0.29, 0.717) is 21.3 Å². The second kappa shape index (κ2) is 8.51. The summed E-state index contributed by atoms with van der Waals surface area (Å²) in [4.78, 5) is 18.5. The first kappa shape index (κ1) is 21.4. The van der Waals surface area contributed by atoms with Gasteiger partial charge >= 0.3 is 0 Å². The van der Waals surface area contributed by atoms with Crippen LogP contribution >= 0.6 is 23.2 Å². The number of anilines is 1. The lowest BCUT2D eigenvalue weighted by Crippen LogP contribution is -2.13. The lowest BCUT2D eigenvalue weighted by Gasteiger charge is -2.14. The fourth-order valence-electron chi connectivity index (χ4n) is 4.23. The first-order valence-corrected chi connectivity index (χ1v) is 11.3. The van der Waals surface area contributed by atoms with Crippen molar-refractivity contribution in [2.75, 3.05) is 5.32 Å². The van der Waals surface area contributed by atoms with E-state index in [4.69, 9.17) is 28.2 Å². The molecule has 0 atom stereocenters. The minimum Gasteiger partial charge on any atom is -0.321 e. The molecule has 0 unspecified atom stereocenters. The highest BCUT2D eigenvalue weighted by atomic mass is 35.5. The van der Waals surface area contributed by atoms with Gasteiger partial charge < -0.3 is 5.32 Å². The van der Waals surface area contributed by atoms with E-state index in [1.807, 2.05) is 68.4 Å². The molecule has 0 fully saturated rings. The summed E-state index contributed by atoms with van der Waals surface area (Å²) in [5.74, 6) is -0.199. The van der Waals surface area contributed by atoms with Gasteiger partial charge in [0.05, 0.1) is 21.8 Å². The monoisotopic (exact) mass is 470 g/mol. The van der Waals surface area contributed by atoms with Crippen LogP contribution in [0, 0.1) is 13.8 Å². The third-order valence-corrected chi connectivity index (χ3v) is 6.29. The molecular weight excluding hydrogens is 451 g/mol. The highest BCUT2D eigenvalue weighted by molar-refractivity contribution is 6.36. The van der Waals surface area contributed by atoms with Crippen molar-refractivity contribution in [3.8, 4) is 11.3 Å². The molecule has 0 bridgehead atoms. The number of carbonyl (C=O) groups excluding carboxylic acids is 1. The van der Waals surface area contributed by atoms with Crippen molar-refractivity contribution in [1.82, 2.24) is 4.98 Å². The first-order valence-electron chi connectivity index (χ1n) is 10.6. The zero-order chi connectivity index (χ0) is 23.1. The Balaban J connectivity index is 1.69. The van der Waals surface area contributed by atoms with Crippen molar-refractivity contribution in [1.29, 1.82) is 0 Å². The van der Waals surface area contributed by atoms with Gasteiger partial charge in [0.15, 0.2) is 0 Å². The minimum atomic E-state index is -0.199. The smallest absolute Gasteiger partial charge is 0.256 e. The molecule has 3 nitrogen and oxygen atoms in total. The number of amides is 1. The number of aryl methyl sites for hydroxylation is 2. The Bertz CT molecular complexity index is 1550. The fourth-order valence-corrected chi connectivity index (χ4v) is 4.73. The van der Waals surface area contributed by atoms with Crippen LogP contribution < -0.4 is 5.32 Å². The third-order valence-electron chi connectivity index (χ3n) is 5.74.